The van der Waals surface area contributed by atoms with Gasteiger partial charge in [-0.25, -0.2) is 0 Å². The summed E-state index contributed by atoms with van der Waals surface area (Å²) in [5.74, 6) is 0. The molecule has 0 aliphatic carbocycles. The third kappa shape index (κ3) is 3.56. The molecule has 2 N–H and O–H groups in total. The summed E-state index contributed by atoms with van der Waals surface area (Å²) in [6.45, 7) is 4.66. The molecular weight excluding hydrogens is 370 g/mol. The molecule has 0 saturated heterocycles. The van der Waals surface area contributed by atoms with E-state index in [0.29, 0.717) is 6.54 Å². The number of anilines is 2. The van der Waals surface area contributed by atoms with Gasteiger partial charge in [0.15, 0.2) is 0 Å². The number of aryl methyl sites for hydroxylation is 2. The lowest BCUT2D eigenvalue weighted by molar-refractivity contribution is 0.626. The lowest BCUT2D eigenvalue weighted by atomic mass is 9.98. The molecule has 6 heteroatoms. The fourth-order valence-corrected chi connectivity index (χ4v) is 4.15. The Bertz CT molecular complexity index is 1190. The Morgan fingerprint density at radius 2 is 1.82 bits per heavy atom. The van der Waals surface area contributed by atoms with E-state index in [0.717, 1.165) is 51.4 Å². The van der Waals surface area contributed by atoms with E-state index in [1.807, 2.05) is 49.4 Å². The normalized spacial score (nSPS) is 13.1. The number of aromatic nitrogens is 1. The molecule has 0 atom stereocenters. The number of hydrogen-bond acceptors (Lipinski definition) is 4. The molecule has 0 spiro atoms. The lowest BCUT2D eigenvalue weighted by Crippen LogP contribution is -2.33. The van der Waals surface area contributed by atoms with Gasteiger partial charge < -0.3 is 5.32 Å². The van der Waals surface area contributed by atoms with Gasteiger partial charge in [-0.1, -0.05) is 24.3 Å². The fraction of sp³-hybridized carbons (Fsp3) is 0.182. The molecule has 0 unspecified atom stereocenters. The van der Waals surface area contributed by atoms with Crippen molar-refractivity contribution in [3.63, 3.8) is 0 Å². The summed E-state index contributed by atoms with van der Waals surface area (Å²) in [6, 6.07) is 17.9. The van der Waals surface area contributed by atoms with Gasteiger partial charge in [0.1, 0.15) is 4.99 Å². The average molecular weight is 391 g/mol. The zero-order valence-corrected chi connectivity index (χ0v) is 16.6. The summed E-state index contributed by atoms with van der Waals surface area (Å²) in [6.07, 6.45) is 0.761. The molecule has 0 radical (unpaired) electrons. The minimum atomic E-state index is -2.28. The monoisotopic (exact) mass is 391 g/mol. The number of rotatable bonds is 3. The Labute approximate surface area is 166 Å². The molecule has 0 amide bonds. The van der Waals surface area contributed by atoms with Gasteiger partial charge in [0.25, 0.3) is 0 Å². The molecule has 1 aliphatic rings. The molecule has 0 fully saturated rings. The number of pyridine rings is 1. The van der Waals surface area contributed by atoms with Crippen molar-refractivity contribution >= 4 is 26.7 Å². The quantitative estimate of drug-likeness (QED) is 0.668. The summed E-state index contributed by atoms with van der Waals surface area (Å²) < 4.78 is 23.1. The van der Waals surface area contributed by atoms with Crippen molar-refractivity contribution in [1.82, 2.24) is 10.3 Å². The lowest BCUT2D eigenvalue weighted by Gasteiger charge is -2.21. The Morgan fingerprint density at radius 3 is 2.61 bits per heavy atom. The Kier molecular flexibility index (Phi) is 4.98. The standard InChI is InChI=1S/C22H21N3O2S/c1-14-9-10-16(13-19(14)21-7-3-5-15(2)24-21)25-20-8-4-6-18-17(20)11-12-23-22(18)28(26)27/h3-10,13,23,25H,11-12H2,1-2H3. The van der Waals surface area contributed by atoms with Crippen molar-refractivity contribution in [3.8, 4) is 11.3 Å². The van der Waals surface area contributed by atoms with E-state index in [2.05, 4.69) is 34.7 Å². The van der Waals surface area contributed by atoms with Crippen LogP contribution in [0.5, 0.6) is 0 Å². The topological polar surface area (TPSA) is 71.1 Å². The van der Waals surface area contributed by atoms with E-state index < -0.39 is 10.3 Å². The van der Waals surface area contributed by atoms with Crippen molar-refractivity contribution in [2.45, 2.75) is 20.3 Å². The highest BCUT2D eigenvalue weighted by Gasteiger charge is 2.19. The van der Waals surface area contributed by atoms with Crippen LogP contribution in [0.4, 0.5) is 11.4 Å². The van der Waals surface area contributed by atoms with Crippen molar-refractivity contribution in [2.75, 3.05) is 11.9 Å². The largest absolute Gasteiger partial charge is 0.355 e. The first kappa shape index (κ1) is 18.4. The highest BCUT2D eigenvalue weighted by Crippen LogP contribution is 2.30. The maximum Gasteiger partial charge on any atom is 0.233 e. The SMILES string of the molecule is Cc1cccc(-c2cc(Nc3cccc4c3CCNC4=S(=O)=O)ccc2C)n1. The van der Waals surface area contributed by atoms with Crippen LogP contribution in [0.15, 0.2) is 54.6 Å². The summed E-state index contributed by atoms with van der Waals surface area (Å²) in [4.78, 5) is 4.91. The number of nitrogens with zero attached hydrogens (tertiary/aromatic N) is 1. The molecular formula is C22H21N3O2S. The number of hydrogen-bond donors (Lipinski definition) is 2. The molecule has 1 aromatic heterocycles. The number of fused-ring (bicyclic) bond motifs is 1. The second-order valence-electron chi connectivity index (χ2n) is 6.89. The average Bonchev–Trinajstić information content (AvgIpc) is 2.69. The Balaban J connectivity index is 1.74. The highest BCUT2D eigenvalue weighted by atomic mass is 32.2. The molecule has 4 rings (SSSR count). The van der Waals surface area contributed by atoms with Crippen LogP contribution in [-0.2, 0) is 16.7 Å². The second kappa shape index (κ2) is 7.58. The Morgan fingerprint density at radius 1 is 1.00 bits per heavy atom. The first-order valence-corrected chi connectivity index (χ1v) is 10.2. The van der Waals surface area contributed by atoms with Crippen LogP contribution in [0.2, 0.25) is 0 Å². The van der Waals surface area contributed by atoms with Crippen LogP contribution in [0.1, 0.15) is 22.4 Å². The van der Waals surface area contributed by atoms with E-state index in [-0.39, 0.29) is 4.99 Å². The van der Waals surface area contributed by atoms with Crippen LogP contribution < -0.4 is 10.6 Å². The van der Waals surface area contributed by atoms with E-state index >= 15 is 0 Å². The smallest absolute Gasteiger partial charge is 0.233 e. The fourth-order valence-electron chi connectivity index (χ4n) is 3.56. The molecule has 2 heterocycles. The van der Waals surface area contributed by atoms with E-state index in [9.17, 15) is 8.42 Å². The van der Waals surface area contributed by atoms with Crippen molar-refractivity contribution in [3.05, 3.63) is 77.0 Å². The first-order chi connectivity index (χ1) is 13.5. The zero-order valence-electron chi connectivity index (χ0n) is 15.8. The van der Waals surface area contributed by atoms with Gasteiger partial charge in [0, 0.05) is 34.7 Å². The van der Waals surface area contributed by atoms with E-state index in [1.165, 1.54) is 0 Å². The first-order valence-electron chi connectivity index (χ1n) is 9.17. The predicted octanol–water partition coefficient (Wildman–Crippen LogP) is 3.61. The van der Waals surface area contributed by atoms with Crippen LogP contribution in [-0.4, -0.2) is 24.9 Å². The molecule has 142 valence electrons. The molecule has 1 aliphatic heterocycles. The van der Waals surface area contributed by atoms with Crippen LogP contribution >= 0.6 is 0 Å². The summed E-state index contributed by atoms with van der Waals surface area (Å²) in [7, 11) is -2.28. The van der Waals surface area contributed by atoms with Gasteiger partial charge in [-0.3, -0.25) is 10.3 Å². The summed E-state index contributed by atoms with van der Waals surface area (Å²) in [5, 5.41) is 6.45. The van der Waals surface area contributed by atoms with Crippen LogP contribution in [0.3, 0.4) is 0 Å². The maximum absolute atomic E-state index is 11.5. The van der Waals surface area contributed by atoms with Gasteiger partial charge in [0.05, 0.1) is 5.69 Å². The van der Waals surface area contributed by atoms with Gasteiger partial charge in [-0.2, -0.15) is 8.42 Å². The van der Waals surface area contributed by atoms with Crippen molar-refractivity contribution in [2.24, 2.45) is 0 Å². The minimum absolute atomic E-state index is 0.262. The van der Waals surface area contributed by atoms with Crippen molar-refractivity contribution in [1.29, 1.82) is 0 Å². The Hall–Kier alpha value is -2.96. The van der Waals surface area contributed by atoms with Gasteiger partial charge in [-0.05, 0) is 61.7 Å². The predicted molar refractivity (Wildman–Crippen MR) is 114 cm³/mol. The van der Waals surface area contributed by atoms with Crippen molar-refractivity contribution < 1.29 is 8.42 Å². The van der Waals surface area contributed by atoms with E-state index in [1.54, 1.807) is 0 Å². The zero-order chi connectivity index (χ0) is 19.7. The molecule has 0 bridgehead atoms. The second-order valence-corrected chi connectivity index (χ2v) is 7.77. The van der Waals surface area contributed by atoms with E-state index in [4.69, 9.17) is 0 Å². The highest BCUT2D eigenvalue weighted by molar-refractivity contribution is 7.73. The number of benzene rings is 2. The molecule has 0 saturated carbocycles. The third-order valence-electron chi connectivity index (χ3n) is 4.93. The summed E-state index contributed by atoms with van der Waals surface area (Å²) >= 11 is 0. The van der Waals surface area contributed by atoms with Crippen LogP contribution in [0, 0.1) is 13.8 Å². The molecule has 5 nitrogen and oxygen atoms in total. The molecule has 28 heavy (non-hydrogen) atoms. The molecule has 2 aromatic carbocycles. The maximum atomic E-state index is 11.5. The third-order valence-corrected chi connectivity index (χ3v) is 5.63. The minimum Gasteiger partial charge on any atom is -0.355 e. The van der Waals surface area contributed by atoms with Gasteiger partial charge in [-0.15, -0.1) is 0 Å². The summed E-state index contributed by atoms with van der Waals surface area (Å²) in [5.41, 5.74) is 7.77. The molecule has 3 aromatic rings. The number of nitrogens with one attached hydrogen (secondary N) is 2. The van der Waals surface area contributed by atoms with Crippen LogP contribution in [0.25, 0.3) is 11.3 Å². The van der Waals surface area contributed by atoms with Gasteiger partial charge in [0.2, 0.25) is 10.3 Å². The van der Waals surface area contributed by atoms with Gasteiger partial charge >= 0.3 is 0 Å².